The van der Waals surface area contributed by atoms with Crippen LogP contribution >= 0.6 is 11.6 Å². The first-order valence-corrected chi connectivity index (χ1v) is 7.68. The van der Waals surface area contributed by atoms with E-state index in [0.29, 0.717) is 18.5 Å². The molecule has 0 fully saturated rings. The summed E-state index contributed by atoms with van der Waals surface area (Å²) < 4.78 is 5.13. The molecule has 0 bridgehead atoms. The summed E-state index contributed by atoms with van der Waals surface area (Å²) in [6.07, 6.45) is 4.17. The Bertz CT molecular complexity index is 530. The SMILES string of the molecule is CC(C)(C)OC(=O)NCCC=Cc1ccc(C(=O)CCl)cc1. The molecular formula is C17H22ClNO3. The Morgan fingerprint density at radius 2 is 1.86 bits per heavy atom. The van der Waals surface area contributed by atoms with E-state index < -0.39 is 11.7 Å². The van der Waals surface area contributed by atoms with Gasteiger partial charge in [0, 0.05) is 12.1 Å². The third-order valence-corrected chi connectivity index (χ3v) is 2.89. The number of Topliss-reactive ketones (excluding diaryl/α,β-unsaturated/α-hetero) is 1. The standard InChI is InChI=1S/C17H22ClNO3/c1-17(2,3)22-16(21)19-11-5-4-6-13-7-9-14(10-8-13)15(20)12-18/h4,6-10H,5,11-12H2,1-3H3,(H,19,21). The number of ketones is 1. The number of halogens is 1. The maximum absolute atomic E-state index is 11.4. The molecular weight excluding hydrogens is 302 g/mol. The van der Waals surface area contributed by atoms with Crippen molar-refractivity contribution in [3.8, 4) is 0 Å². The van der Waals surface area contributed by atoms with E-state index in [1.165, 1.54) is 0 Å². The van der Waals surface area contributed by atoms with Crippen LogP contribution in [0, 0.1) is 0 Å². The van der Waals surface area contributed by atoms with Crippen LogP contribution in [0.25, 0.3) is 6.08 Å². The lowest BCUT2D eigenvalue weighted by Gasteiger charge is -2.19. The summed E-state index contributed by atoms with van der Waals surface area (Å²) in [5.74, 6) is -0.0929. The zero-order valence-electron chi connectivity index (χ0n) is 13.2. The third kappa shape index (κ3) is 7.27. The third-order valence-electron chi connectivity index (χ3n) is 2.64. The number of nitrogens with one attached hydrogen (secondary N) is 1. The maximum Gasteiger partial charge on any atom is 0.407 e. The molecule has 1 amide bonds. The molecule has 4 nitrogen and oxygen atoms in total. The van der Waals surface area contributed by atoms with Crippen LogP contribution in [-0.2, 0) is 4.74 Å². The van der Waals surface area contributed by atoms with Crippen molar-refractivity contribution in [1.29, 1.82) is 0 Å². The van der Waals surface area contributed by atoms with Crippen LogP contribution in [0.2, 0.25) is 0 Å². The molecule has 0 saturated heterocycles. The second kappa shape index (κ2) is 8.59. The summed E-state index contributed by atoms with van der Waals surface area (Å²) >= 11 is 5.50. The van der Waals surface area contributed by atoms with Crippen LogP contribution < -0.4 is 5.32 Å². The number of rotatable bonds is 6. The lowest BCUT2D eigenvalue weighted by atomic mass is 10.1. The minimum atomic E-state index is -0.484. The summed E-state index contributed by atoms with van der Waals surface area (Å²) in [5, 5.41) is 2.69. The van der Waals surface area contributed by atoms with Crippen LogP contribution in [0.5, 0.6) is 0 Å². The molecule has 0 aliphatic carbocycles. The second-order valence-electron chi connectivity index (χ2n) is 5.80. The normalized spacial score (nSPS) is 11.5. The Kier molecular flexibility index (Phi) is 7.12. The van der Waals surface area contributed by atoms with Gasteiger partial charge in [0.25, 0.3) is 0 Å². The van der Waals surface area contributed by atoms with Gasteiger partial charge in [-0.2, -0.15) is 0 Å². The van der Waals surface area contributed by atoms with E-state index in [2.05, 4.69) is 5.32 Å². The molecule has 1 aromatic carbocycles. The quantitative estimate of drug-likeness (QED) is 0.488. The van der Waals surface area contributed by atoms with Gasteiger partial charge in [-0.1, -0.05) is 36.4 Å². The molecule has 0 heterocycles. The molecule has 0 aliphatic heterocycles. The summed E-state index contributed by atoms with van der Waals surface area (Å²) in [6, 6.07) is 7.22. The van der Waals surface area contributed by atoms with Gasteiger partial charge in [-0.3, -0.25) is 4.79 Å². The molecule has 1 rings (SSSR count). The second-order valence-corrected chi connectivity index (χ2v) is 6.07. The number of hydrogen-bond donors (Lipinski definition) is 1. The van der Waals surface area contributed by atoms with Crippen molar-refractivity contribution in [2.24, 2.45) is 0 Å². The Balaban J connectivity index is 2.34. The summed E-state index contributed by atoms with van der Waals surface area (Å²) in [5.41, 5.74) is 1.12. The lowest BCUT2D eigenvalue weighted by molar-refractivity contribution is 0.0528. The van der Waals surface area contributed by atoms with Crippen molar-refractivity contribution in [3.63, 3.8) is 0 Å². The molecule has 5 heteroatoms. The molecule has 120 valence electrons. The molecule has 22 heavy (non-hydrogen) atoms. The minimum Gasteiger partial charge on any atom is -0.444 e. The average molecular weight is 324 g/mol. The van der Waals surface area contributed by atoms with Crippen molar-refractivity contribution in [2.75, 3.05) is 12.4 Å². The van der Waals surface area contributed by atoms with Crippen molar-refractivity contribution in [1.82, 2.24) is 5.32 Å². The van der Waals surface area contributed by atoms with E-state index in [4.69, 9.17) is 16.3 Å². The topological polar surface area (TPSA) is 55.4 Å². The highest BCUT2D eigenvalue weighted by Gasteiger charge is 2.15. The van der Waals surface area contributed by atoms with Gasteiger partial charge < -0.3 is 10.1 Å². The Morgan fingerprint density at radius 1 is 1.23 bits per heavy atom. The van der Waals surface area contributed by atoms with Gasteiger partial charge in [-0.25, -0.2) is 4.79 Å². The monoisotopic (exact) mass is 323 g/mol. The van der Waals surface area contributed by atoms with Gasteiger partial charge in [-0.05, 0) is 32.8 Å². The van der Waals surface area contributed by atoms with Crippen molar-refractivity contribution in [3.05, 3.63) is 41.5 Å². The first-order valence-electron chi connectivity index (χ1n) is 7.14. The van der Waals surface area contributed by atoms with Gasteiger partial charge in [-0.15, -0.1) is 11.6 Å². The largest absolute Gasteiger partial charge is 0.444 e. The van der Waals surface area contributed by atoms with Gasteiger partial charge in [0.15, 0.2) is 5.78 Å². The highest BCUT2D eigenvalue weighted by atomic mass is 35.5. The van der Waals surface area contributed by atoms with E-state index >= 15 is 0 Å². The van der Waals surface area contributed by atoms with E-state index in [0.717, 1.165) is 5.56 Å². The predicted octanol–water partition coefficient (Wildman–Crippen LogP) is 4.04. The molecule has 1 N–H and O–H groups in total. The van der Waals surface area contributed by atoms with Crippen LogP contribution in [0.4, 0.5) is 4.79 Å². The zero-order chi connectivity index (χ0) is 16.6. The van der Waals surface area contributed by atoms with Crippen LogP contribution in [0.1, 0.15) is 43.1 Å². The van der Waals surface area contributed by atoms with Crippen molar-refractivity contribution in [2.45, 2.75) is 32.8 Å². The fourth-order valence-electron chi connectivity index (χ4n) is 1.65. The molecule has 0 spiro atoms. The first-order chi connectivity index (χ1) is 10.3. The van der Waals surface area contributed by atoms with Gasteiger partial charge in [0.1, 0.15) is 5.60 Å². The Hall–Kier alpha value is -1.81. The highest BCUT2D eigenvalue weighted by Crippen LogP contribution is 2.08. The fourth-order valence-corrected chi connectivity index (χ4v) is 1.80. The first kappa shape index (κ1) is 18.2. The zero-order valence-corrected chi connectivity index (χ0v) is 13.9. The van der Waals surface area contributed by atoms with Crippen LogP contribution in [0.15, 0.2) is 30.3 Å². The highest BCUT2D eigenvalue weighted by molar-refractivity contribution is 6.30. The number of amides is 1. The summed E-state index contributed by atoms with van der Waals surface area (Å²) in [4.78, 5) is 22.8. The number of benzene rings is 1. The van der Waals surface area contributed by atoms with Gasteiger partial charge >= 0.3 is 6.09 Å². The molecule has 0 atom stereocenters. The number of alkyl carbamates (subject to hydrolysis) is 1. The molecule has 0 aromatic heterocycles. The Morgan fingerprint density at radius 3 is 2.41 bits per heavy atom. The number of hydrogen-bond acceptors (Lipinski definition) is 3. The average Bonchev–Trinajstić information content (AvgIpc) is 2.45. The number of alkyl halides is 1. The fraction of sp³-hybridized carbons (Fsp3) is 0.412. The van der Waals surface area contributed by atoms with E-state index in [-0.39, 0.29) is 11.7 Å². The number of carbonyl (C=O) groups is 2. The van der Waals surface area contributed by atoms with Crippen molar-refractivity contribution < 1.29 is 14.3 Å². The summed E-state index contributed by atoms with van der Waals surface area (Å²) in [7, 11) is 0. The Labute approximate surface area is 136 Å². The van der Waals surface area contributed by atoms with E-state index in [1.807, 2.05) is 45.1 Å². The molecule has 0 aliphatic rings. The van der Waals surface area contributed by atoms with Gasteiger partial charge in [0.05, 0.1) is 5.88 Å². The molecule has 0 saturated carbocycles. The maximum atomic E-state index is 11.4. The summed E-state index contributed by atoms with van der Waals surface area (Å²) in [6.45, 7) is 5.98. The molecule has 1 aromatic rings. The lowest BCUT2D eigenvalue weighted by Crippen LogP contribution is -2.32. The predicted molar refractivity (Wildman–Crippen MR) is 89.4 cm³/mol. The molecule has 0 unspecified atom stereocenters. The smallest absolute Gasteiger partial charge is 0.407 e. The minimum absolute atomic E-state index is 0.00841. The van der Waals surface area contributed by atoms with E-state index in [1.54, 1.807) is 12.1 Å². The number of ether oxygens (including phenoxy) is 1. The van der Waals surface area contributed by atoms with Gasteiger partial charge in [0.2, 0.25) is 0 Å². The number of carbonyl (C=O) groups excluding carboxylic acids is 2. The van der Waals surface area contributed by atoms with E-state index in [9.17, 15) is 9.59 Å². The molecule has 0 radical (unpaired) electrons. The van der Waals surface area contributed by atoms with Crippen LogP contribution in [-0.4, -0.2) is 29.9 Å². The van der Waals surface area contributed by atoms with Crippen molar-refractivity contribution >= 4 is 29.6 Å². The van der Waals surface area contributed by atoms with Crippen LogP contribution in [0.3, 0.4) is 0 Å².